The average Bonchev–Trinajstić information content (AvgIpc) is 3.04. The number of ether oxygens (including phenoxy) is 1. The molecule has 0 aromatic carbocycles. The number of fused-ring (bicyclic) bond motifs is 5. The summed E-state index contributed by atoms with van der Waals surface area (Å²) in [5, 5.41) is 11.4. The van der Waals surface area contributed by atoms with Crippen LogP contribution in [-0.4, -0.2) is 45.1 Å². The second-order valence-corrected chi connectivity index (χ2v) is 13.4. The summed E-state index contributed by atoms with van der Waals surface area (Å²) in [6.07, 6.45) is 11.0. The highest BCUT2D eigenvalue weighted by atomic mass is 32.2. The van der Waals surface area contributed by atoms with Gasteiger partial charge in [-0.05, 0) is 105 Å². The van der Waals surface area contributed by atoms with Crippen LogP contribution < -0.4 is 0 Å². The van der Waals surface area contributed by atoms with Crippen LogP contribution >= 0.6 is 0 Å². The first-order chi connectivity index (χ1) is 15.0. The van der Waals surface area contributed by atoms with Crippen LogP contribution in [0.2, 0.25) is 0 Å². The number of rotatable bonds is 6. The number of aliphatic hydroxyl groups excluding tert-OH is 1. The smallest absolute Gasteiger partial charge is 0.305 e. The number of hydrogen-bond donors (Lipinski definition) is 1. The van der Waals surface area contributed by atoms with Crippen LogP contribution in [0.1, 0.15) is 84.5 Å². The zero-order chi connectivity index (χ0) is 23.3. The molecule has 0 heterocycles. The molecule has 7 heteroatoms. The first-order valence-corrected chi connectivity index (χ1v) is 14.4. The molecule has 0 spiro atoms. The Morgan fingerprint density at radius 1 is 1.03 bits per heavy atom. The fraction of sp³-hybridized carbons (Fsp3) is 0.960. The SMILES string of the molecule is COC(=O)CCC[C@H]1CC[C@@H]2C3[C@@H](CCC12C)[C@@]1(C)CC[C@H](OS(C)(=O)=O)CC1C[C@@H]3O. The van der Waals surface area contributed by atoms with Crippen LogP contribution in [0.4, 0.5) is 0 Å². The van der Waals surface area contributed by atoms with Crippen LogP contribution in [0.25, 0.3) is 0 Å². The van der Waals surface area contributed by atoms with Crippen LogP contribution in [0.15, 0.2) is 0 Å². The molecule has 0 aliphatic heterocycles. The lowest BCUT2D eigenvalue weighted by atomic mass is 9.44. The number of carbonyl (C=O) groups excluding carboxylic acids is 1. The monoisotopic (exact) mass is 470 g/mol. The summed E-state index contributed by atoms with van der Waals surface area (Å²) in [4.78, 5) is 11.6. The van der Waals surface area contributed by atoms with Crippen LogP contribution in [0, 0.1) is 40.4 Å². The Hall–Kier alpha value is -0.660. The lowest BCUT2D eigenvalue weighted by molar-refractivity contribution is -0.170. The fourth-order valence-corrected chi connectivity index (χ4v) is 9.37. The van der Waals surface area contributed by atoms with E-state index in [-0.39, 0.29) is 29.0 Å². The van der Waals surface area contributed by atoms with Crippen molar-refractivity contribution in [3.63, 3.8) is 0 Å². The Kier molecular flexibility index (Phi) is 6.76. The van der Waals surface area contributed by atoms with Crippen molar-refractivity contribution in [3.8, 4) is 0 Å². The molecule has 1 N–H and O–H groups in total. The molecule has 0 bridgehead atoms. The summed E-state index contributed by atoms with van der Waals surface area (Å²) in [7, 11) is -2.00. The Morgan fingerprint density at radius 3 is 2.41 bits per heavy atom. The maximum Gasteiger partial charge on any atom is 0.305 e. The molecule has 184 valence electrons. The molecule has 0 radical (unpaired) electrons. The maximum atomic E-state index is 11.7. The molecule has 4 rings (SSSR count). The Morgan fingerprint density at radius 2 is 1.72 bits per heavy atom. The molecule has 6 nitrogen and oxygen atoms in total. The van der Waals surface area contributed by atoms with E-state index in [9.17, 15) is 18.3 Å². The molecule has 4 aliphatic carbocycles. The fourth-order valence-electron chi connectivity index (χ4n) is 8.70. The molecular weight excluding hydrogens is 428 g/mol. The van der Waals surface area contributed by atoms with E-state index in [1.165, 1.54) is 26.4 Å². The molecule has 32 heavy (non-hydrogen) atoms. The van der Waals surface area contributed by atoms with E-state index in [0.29, 0.717) is 36.0 Å². The molecule has 4 saturated carbocycles. The van der Waals surface area contributed by atoms with Gasteiger partial charge in [-0.1, -0.05) is 13.8 Å². The van der Waals surface area contributed by atoms with E-state index < -0.39 is 10.1 Å². The van der Waals surface area contributed by atoms with Gasteiger partial charge in [0.05, 0.1) is 25.6 Å². The van der Waals surface area contributed by atoms with Crippen molar-refractivity contribution in [2.75, 3.05) is 13.4 Å². The van der Waals surface area contributed by atoms with Gasteiger partial charge in [0.1, 0.15) is 0 Å². The van der Waals surface area contributed by atoms with E-state index in [1.807, 2.05) is 0 Å². The third-order valence-corrected chi connectivity index (χ3v) is 10.9. The van der Waals surface area contributed by atoms with Crippen LogP contribution in [-0.2, 0) is 23.8 Å². The van der Waals surface area contributed by atoms with E-state index in [2.05, 4.69) is 13.8 Å². The molecule has 0 amide bonds. The quantitative estimate of drug-likeness (QED) is 0.460. The summed E-state index contributed by atoms with van der Waals surface area (Å²) in [6.45, 7) is 4.85. The van der Waals surface area contributed by atoms with Crippen LogP contribution in [0.5, 0.6) is 0 Å². The molecule has 0 aromatic rings. The van der Waals surface area contributed by atoms with Gasteiger partial charge in [-0.15, -0.1) is 0 Å². The third-order valence-electron chi connectivity index (χ3n) is 10.3. The van der Waals surface area contributed by atoms with Crippen molar-refractivity contribution in [2.24, 2.45) is 40.4 Å². The molecular formula is C25H42O6S. The van der Waals surface area contributed by atoms with Crippen molar-refractivity contribution >= 4 is 16.1 Å². The van der Waals surface area contributed by atoms with Crippen molar-refractivity contribution in [3.05, 3.63) is 0 Å². The first kappa shape index (κ1) is 24.5. The number of carbonyl (C=O) groups is 1. The zero-order valence-corrected chi connectivity index (χ0v) is 21.0. The Bertz CT molecular complexity index is 811. The first-order valence-electron chi connectivity index (χ1n) is 12.6. The van der Waals surface area contributed by atoms with Crippen molar-refractivity contribution in [1.29, 1.82) is 0 Å². The molecule has 4 fully saturated rings. The predicted octanol–water partition coefficient (Wildman–Crippen LogP) is 4.30. The second-order valence-electron chi connectivity index (χ2n) is 11.8. The van der Waals surface area contributed by atoms with Gasteiger partial charge in [-0.2, -0.15) is 8.42 Å². The van der Waals surface area contributed by atoms with Gasteiger partial charge in [-0.3, -0.25) is 8.98 Å². The largest absolute Gasteiger partial charge is 0.469 e. The minimum Gasteiger partial charge on any atom is -0.469 e. The van der Waals surface area contributed by atoms with E-state index in [0.717, 1.165) is 51.2 Å². The minimum atomic E-state index is -3.45. The minimum absolute atomic E-state index is 0.120. The highest BCUT2D eigenvalue weighted by Gasteiger charge is 2.62. The normalized spacial score (nSPS) is 46.1. The van der Waals surface area contributed by atoms with E-state index >= 15 is 0 Å². The van der Waals surface area contributed by atoms with Crippen molar-refractivity contribution < 1.29 is 27.2 Å². The van der Waals surface area contributed by atoms with Gasteiger partial charge < -0.3 is 9.84 Å². The highest BCUT2D eigenvalue weighted by Crippen LogP contribution is 2.68. The molecule has 3 unspecified atom stereocenters. The van der Waals surface area contributed by atoms with Crippen LogP contribution in [0.3, 0.4) is 0 Å². The van der Waals surface area contributed by atoms with Gasteiger partial charge in [0.2, 0.25) is 0 Å². The van der Waals surface area contributed by atoms with Crippen molar-refractivity contribution in [1.82, 2.24) is 0 Å². The summed E-state index contributed by atoms with van der Waals surface area (Å²) in [5.74, 6) is 2.21. The summed E-state index contributed by atoms with van der Waals surface area (Å²) in [6, 6.07) is 0. The van der Waals surface area contributed by atoms with E-state index in [4.69, 9.17) is 8.92 Å². The number of aliphatic hydroxyl groups is 1. The third kappa shape index (κ3) is 4.38. The average molecular weight is 471 g/mol. The second kappa shape index (κ2) is 8.84. The number of esters is 1. The van der Waals surface area contributed by atoms with Gasteiger partial charge in [-0.25, -0.2) is 0 Å². The summed E-state index contributed by atoms with van der Waals surface area (Å²) in [5.41, 5.74) is 0.406. The van der Waals surface area contributed by atoms with Gasteiger partial charge in [0, 0.05) is 6.42 Å². The Balaban J connectivity index is 1.47. The number of hydrogen-bond acceptors (Lipinski definition) is 6. The van der Waals surface area contributed by atoms with Gasteiger partial charge in [0.25, 0.3) is 10.1 Å². The van der Waals surface area contributed by atoms with E-state index in [1.54, 1.807) is 0 Å². The van der Waals surface area contributed by atoms with Gasteiger partial charge in [0.15, 0.2) is 0 Å². The van der Waals surface area contributed by atoms with Gasteiger partial charge >= 0.3 is 5.97 Å². The standard InChI is InChI=1S/C25H42O6S/c1-24-13-11-20-23(19(24)9-8-16(24)6-5-7-22(27)30-3)21(26)15-17-14-18(31-32(4,28)29)10-12-25(17,20)2/h16-21,23,26H,5-15H2,1-4H3/t16-,17?,18-,19+,20+,21-,23?,24?,25-/m0/s1. The molecule has 0 saturated heterocycles. The molecule has 9 atom stereocenters. The zero-order valence-electron chi connectivity index (χ0n) is 20.2. The highest BCUT2D eigenvalue weighted by molar-refractivity contribution is 7.86. The summed E-state index contributed by atoms with van der Waals surface area (Å²) >= 11 is 0. The van der Waals surface area contributed by atoms with Crippen molar-refractivity contribution in [2.45, 2.75) is 96.7 Å². The lowest BCUT2D eigenvalue weighted by Crippen LogP contribution is -2.58. The topological polar surface area (TPSA) is 89.9 Å². The molecule has 4 aliphatic rings. The lowest BCUT2D eigenvalue weighted by Gasteiger charge is -2.62. The molecule has 0 aromatic heterocycles. The predicted molar refractivity (Wildman–Crippen MR) is 122 cm³/mol. The summed E-state index contributed by atoms with van der Waals surface area (Å²) < 4.78 is 33.5. The maximum absolute atomic E-state index is 11.7. The number of methoxy groups -OCH3 is 1. The Labute approximate surface area is 193 Å².